The Labute approximate surface area is 87.4 Å². The lowest BCUT2D eigenvalue weighted by Gasteiger charge is -2.51. The highest BCUT2D eigenvalue weighted by molar-refractivity contribution is 5.03. The number of hydrogen-bond acceptors (Lipinski definition) is 2. The van der Waals surface area contributed by atoms with Crippen LogP contribution in [0.15, 0.2) is 0 Å². The molecule has 0 aromatic heterocycles. The van der Waals surface area contributed by atoms with Crippen LogP contribution in [0.25, 0.3) is 0 Å². The van der Waals surface area contributed by atoms with Crippen LogP contribution in [0.5, 0.6) is 0 Å². The largest absolute Gasteiger partial charge is 0.378 e. The molecule has 1 rings (SSSR count). The van der Waals surface area contributed by atoms with Gasteiger partial charge in [0.05, 0.1) is 6.10 Å². The van der Waals surface area contributed by atoms with Crippen LogP contribution in [0, 0.1) is 17.8 Å². The Hall–Kier alpha value is -0.520. The molecule has 0 amide bonds. The summed E-state index contributed by atoms with van der Waals surface area (Å²) in [5, 5.41) is 3.48. The summed E-state index contributed by atoms with van der Waals surface area (Å²) in [6, 6.07) is 0.562. The van der Waals surface area contributed by atoms with E-state index in [4.69, 9.17) is 11.2 Å². The molecule has 1 aliphatic carbocycles. The third kappa shape index (κ3) is 2.29. The zero-order valence-electron chi connectivity index (χ0n) is 9.47. The van der Waals surface area contributed by atoms with Gasteiger partial charge in [0.2, 0.25) is 0 Å². The van der Waals surface area contributed by atoms with Crippen molar-refractivity contribution in [3.8, 4) is 12.3 Å². The van der Waals surface area contributed by atoms with Crippen molar-refractivity contribution in [3.63, 3.8) is 0 Å². The Balaban J connectivity index is 2.28. The predicted octanol–water partition coefficient (Wildman–Crippen LogP) is 1.80. The fourth-order valence-electron chi connectivity index (χ4n) is 2.03. The fourth-order valence-corrected chi connectivity index (χ4v) is 2.03. The summed E-state index contributed by atoms with van der Waals surface area (Å²) in [4.78, 5) is 0. The van der Waals surface area contributed by atoms with Gasteiger partial charge in [0, 0.05) is 31.0 Å². The third-order valence-corrected chi connectivity index (χ3v) is 3.21. The van der Waals surface area contributed by atoms with Gasteiger partial charge in [-0.15, -0.1) is 12.3 Å². The molecule has 0 aliphatic heterocycles. The second-order valence-corrected chi connectivity index (χ2v) is 4.46. The first kappa shape index (κ1) is 11.6. The van der Waals surface area contributed by atoms with E-state index >= 15 is 0 Å². The van der Waals surface area contributed by atoms with Crippen molar-refractivity contribution in [2.75, 3.05) is 13.2 Å². The summed E-state index contributed by atoms with van der Waals surface area (Å²) in [6.07, 6.45) is 7.54. The number of hydrogen-bond donors (Lipinski definition) is 1. The molecule has 14 heavy (non-hydrogen) atoms. The molecular weight excluding hydrogens is 174 g/mol. The van der Waals surface area contributed by atoms with Crippen LogP contribution >= 0.6 is 0 Å². The van der Waals surface area contributed by atoms with Crippen molar-refractivity contribution in [2.24, 2.45) is 5.41 Å². The molecule has 1 saturated carbocycles. The maximum atomic E-state index is 5.65. The first-order valence-electron chi connectivity index (χ1n) is 5.41. The molecule has 2 atom stereocenters. The van der Waals surface area contributed by atoms with Crippen molar-refractivity contribution >= 4 is 0 Å². The van der Waals surface area contributed by atoms with E-state index in [9.17, 15) is 0 Å². The van der Waals surface area contributed by atoms with Crippen molar-refractivity contribution < 1.29 is 4.74 Å². The summed E-state index contributed by atoms with van der Waals surface area (Å²) < 4.78 is 5.65. The lowest BCUT2D eigenvalue weighted by atomic mass is 9.64. The van der Waals surface area contributed by atoms with E-state index in [1.807, 2.05) is 0 Å². The van der Waals surface area contributed by atoms with Crippen molar-refractivity contribution in [3.05, 3.63) is 0 Å². The second-order valence-electron chi connectivity index (χ2n) is 4.46. The molecule has 2 heteroatoms. The van der Waals surface area contributed by atoms with E-state index in [-0.39, 0.29) is 5.41 Å². The Morgan fingerprint density at radius 2 is 2.29 bits per heavy atom. The molecule has 0 aromatic carbocycles. The second kappa shape index (κ2) is 4.82. The van der Waals surface area contributed by atoms with Crippen molar-refractivity contribution in [2.45, 2.75) is 45.8 Å². The highest BCUT2D eigenvalue weighted by atomic mass is 16.5. The van der Waals surface area contributed by atoms with Gasteiger partial charge in [-0.3, -0.25) is 0 Å². The van der Waals surface area contributed by atoms with Gasteiger partial charge in [-0.05, 0) is 13.3 Å². The summed E-state index contributed by atoms with van der Waals surface area (Å²) in [7, 11) is 0. The van der Waals surface area contributed by atoms with Crippen LogP contribution < -0.4 is 5.32 Å². The Morgan fingerprint density at radius 1 is 1.57 bits per heavy atom. The highest BCUT2D eigenvalue weighted by Crippen LogP contribution is 2.42. The lowest BCUT2D eigenvalue weighted by molar-refractivity contribution is -0.113. The Kier molecular flexibility index (Phi) is 3.97. The van der Waals surface area contributed by atoms with Crippen molar-refractivity contribution in [1.29, 1.82) is 0 Å². The van der Waals surface area contributed by atoms with Gasteiger partial charge >= 0.3 is 0 Å². The van der Waals surface area contributed by atoms with Crippen LogP contribution in [0.2, 0.25) is 0 Å². The van der Waals surface area contributed by atoms with E-state index in [1.165, 1.54) is 0 Å². The van der Waals surface area contributed by atoms with E-state index in [0.29, 0.717) is 12.1 Å². The molecule has 0 heterocycles. The van der Waals surface area contributed by atoms with Crippen molar-refractivity contribution in [1.82, 2.24) is 5.32 Å². The minimum absolute atomic E-state index is 0.255. The van der Waals surface area contributed by atoms with Gasteiger partial charge < -0.3 is 10.1 Å². The normalized spacial score (nSPS) is 29.3. The van der Waals surface area contributed by atoms with Gasteiger partial charge in [-0.25, -0.2) is 0 Å². The van der Waals surface area contributed by atoms with E-state index in [0.717, 1.165) is 26.0 Å². The quantitative estimate of drug-likeness (QED) is 0.533. The molecule has 0 radical (unpaired) electrons. The fraction of sp³-hybridized carbons (Fsp3) is 0.833. The van der Waals surface area contributed by atoms with Gasteiger partial charge in [0.15, 0.2) is 0 Å². The number of nitrogens with one attached hydrogen (secondary N) is 1. The van der Waals surface area contributed by atoms with Gasteiger partial charge in [-0.1, -0.05) is 13.8 Å². The van der Waals surface area contributed by atoms with Gasteiger partial charge in [0.1, 0.15) is 0 Å². The average molecular weight is 195 g/mol. The third-order valence-electron chi connectivity index (χ3n) is 3.21. The molecule has 0 aromatic rings. The van der Waals surface area contributed by atoms with Crippen LogP contribution in [0.3, 0.4) is 0 Å². The summed E-state index contributed by atoms with van der Waals surface area (Å²) in [5.74, 6) is 2.64. The molecule has 2 unspecified atom stereocenters. The summed E-state index contributed by atoms with van der Waals surface area (Å²) >= 11 is 0. The molecule has 0 bridgehead atoms. The molecule has 1 fully saturated rings. The van der Waals surface area contributed by atoms with E-state index in [2.05, 4.69) is 32.0 Å². The lowest BCUT2D eigenvalue weighted by Crippen LogP contribution is -2.61. The van der Waals surface area contributed by atoms with Crippen LogP contribution in [-0.4, -0.2) is 25.3 Å². The SMILES string of the molecule is C#CCCNC1CC(OCC)C1(C)C. The smallest absolute Gasteiger partial charge is 0.0655 e. The predicted molar refractivity (Wildman–Crippen MR) is 59.1 cm³/mol. The monoisotopic (exact) mass is 195 g/mol. The average Bonchev–Trinajstić information content (AvgIpc) is 2.15. The number of terminal acetylenes is 1. The Bertz CT molecular complexity index is 217. The first-order valence-corrected chi connectivity index (χ1v) is 5.41. The van der Waals surface area contributed by atoms with Crippen LogP contribution in [0.4, 0.5) is 0 Å². The summed E-state index contributed by atoms with van der Waals surface area (Å²) in [6.45, 7) is 8.29. The van der Waals surface area contributed by atoms with Gasteiger partial charge in [0.25, 0.3) is 0 Å². The minimum atomic E-state index is 0.255. The maximum Gasteiger partial charge on any atom is 0.0655 e. The highest BCUT2D eigenvalue weighted by Gasteiger charge is 2.48. The number of rotatable bonds is 5. The molecule has 0 spiro atoms. The topological polar surface area (TPSA) is 21.3 Å². The zero-order valence-corrected chi connectivity index (χ0v) is 9.47. The van der Waals surface area contributed by atoms with Crippen LogP contribution in [-0.2, 0) is 4.74 Å². The molecule has 80 valence electrons. The molecule has 1 aliphatic rings. The Morgan fingerprint density at radius 3 is 2.79 bits per heavy atom. The molecular formula is C12H21NO. The van der Waals surface area contributed by atoms with Crippen LogP contribution in [0.1, 0.15) is 33.6 Å². The van der Waals surface area contributed by atoms with E-state index < -0.39 is 0 Å². The molecule has 2 nitrogen and oxygen atoms in total. The molecule has 0 saturated heterocycles. The standard InChI is InChI=1S/C12H21NO/c1-5-7-8-13-10-9-11(14-6-2)12(10,3)4/h1,10-11,13H,6-9H2,2-4H3. The zero-order chi connectivity index (χ0) is 10.6. The summed E-state index contributed by atoms with van der Waals surface area (Å²) in [5.41, 5.74) is 0.255. The number of ether oxygens (including phenoxy) is 1. The minimum Gasteiger partial charge on any atom is -0.378 e. The maximum absolute atomic E-state index is 5.65. The van der Waals surface area contributed by atoms with Gasteiger partial charge in [-0.2, -0.15) is 0 Å². The molecule has 1 N–H and O–H groups in total. The van der Waals surface area contributed by atoms with E-state index in [1.54, 1.807) is 0 Å². The first-order chi connectivity index (χ1) is 6.62.